The van der Waals surface area contributed by atoms with Crippen molar-refractivity contribution in [3.05, 3.63) is 29.3 Å². The quantitative estimate of drug-likeness (QED) is 0.777. The number of halogens is 2. The number of amides is 1. The third-order valence-corrected chi connectivity index (χ3v) is 3.15. The molecule has 1 atom stereocenters. The molecule has 1 amide bonds. The van der Waals surface area contributed by atoms with Crippen LogP contribution in [0.4, 0.5) is 14.5 Å². The fourth-order valence-corrected chi connectivity index (χ4v) is 1.69. The van der Waals surface area contributed by atoms with E-state index < -0.39 is 17.5 Å². The van der Waals surface area contributed by atoms with E-state index in [2.05, 4.69) is 5.32 Å². The first-order chi connectivity index (χ1) is 7.81. The lowest BCUT2D eigenvalue weighted by atomic mass is 10.1. The normalized spacial score (nSPS) is 21.1. The Bertz CT molecular complexity index is 486. The van der Waals surface area contributed by atoms with Crippen LogP contribution in [0.25, 0.3) is 0 Å². The number of nitrogens with two attached hydrogens (primary N) is 1. The monoisotopic (exact) mass is 240 g/mol. The van der Waals surface area contributed by atoms with Gasteiger partial charge in [-0.25, -0.2) is 8.78 Å². The summed E-state index contributed by atoms with van der Waals surface area (Å²) >= 11 is 0. The molecule has 0 bridgehead atoms. The average molecular weight is 240 g/mol. The molecule has 1 fully saturated rings. The molecule has 1 aromatic rings. The van der Waals surface area contributed by atoms with Crippen LogP contribution in [0.15, 0.2) is 12.1 Å². The molecule has 1 saturated carbocycles. The van der Waals surface area contributed by atoms with Crippen molar-refractivity contribution >= 4 is 11.6 Å². The number of anilines is 1. The third kappa shape index (κ3) is 2.23. The highest BCUT2D eigenvalue weighted by atomic mass is 19.1. The maximum Gasteiger partial charge on any atom is 0.254 e. The zero-order valence-electron chi connectivity index (χ0n) is 9.68. The predicted molar refractivity (Wildman–Crippen MR) is 60.4 cm³/mol. The molecule has 5 heteroatoms. The van der Waals surface area contributed by atoms with Crippen LogP contribution in [0.5, 0.6) is 0 Å². The lowest BCUT2D eigenvalue weighted by Gasteiger charge is -2.08. The maximum absolute atomic E-state index is 13.4. The molecule has 92 valence electrons. The molecule has 0 heterocycles. The van der Waals surface area contributed by atoms with Crippen molar-refractivity contribution in [2.45, 2.75) is 26.3 Å². The Labute approximate surface area is 98.0 Å². The summed E-state index contributed by atoms with van der Waals surface area (Å²) in [6.07, 6.45) is 0.858. The number of carbonyl (C=O) groups excluding carboxylic acids is 1. The highest BCUT2D eigenvalue weighted by Gasteiger charge is 2.46. The Morgan fingerprint density at radius 2 is 2.00 bits per heavy atom. The summed E-state index contributed by atoms with van der Waals surface area (Å²) < 4.78 is 26.3. The van der Waals surface area contributed by atoms with E-state index in [0.29, 0.717) is 6.07 Å². The molecule has 1 aromatic carbocycles. The van der Waals surface area contributed by atoms with Crippen molar-refractivity contribution in [1.29, 1.82) is 0 Å². The highest BCUT2D eigenvalue weighted by Crippen LogP contribution is 2.44. The Morgan fingerprint density at radius 3 is 2.53 bits per heavy atom. The molecule has 3 nitrogen and oxygen atoms in total. The van der Waals surface area contributed by atoms with Gasteiger partial charge >= 0.3 is 0 Å². The molecular weight excluding hydrogens is 226 g/mol. The second-order valence-electron chi connectivity index (χ2n) is 5.07. The molecular formula is C12H14F2N2O. The van der Waals surface area contributed by atoms with E-state index in [0.717, 1.165) is 12.5 Å². The maximum atomic E-state index is 13.4. The van der Waals surface area contributed by atoms with Gasteiger partial charge in [-0.1, -0.05) is 13.8 Å². The van der Waals surface area contributed by atoms with Crippen LogP contribution in [-0.4, -0.2) is 11.9 Å². The van der Waals surface area contributed by atoms with Gasteiger partial charge in [0.15, 0.2) is 0 Å². The minimum Gasteiger partial charge on any atom is -0.396 e. The Hall–Kier alpha value is -1.65. The first kappa shape index (κ1) is 11.8. The van der Waals surface area contributed by atoms with Crippen LogP contribution in [-0.2, 0) is 0 Å². The zero-order chi connectivity index (χ0) is 12.8. The van der Waals surface area contributed by atoms with Crippen molar-refractivity contribution in [2.24, 2.45) is 5.41 Å². The van der Waals surface area contributed by atoms with Crippen molar-refractivity contribution in [3.8, 4) is 0 Å². The summed E-state index contributed by atoms with van der Waals surface area (Å²) in [5, 5.41) is 2.69. The first-order valence-electron chi connectivity index (χ1n) is 5.36. The van der Waals surface area contributed by atoms with Crippen LogP contribution in [0.2, 0.25) is 0 Å². The van der Waals surface area contributed by atoms with E-state index in [4.69, 9.17) is 5.73 Å². The van der Waals surface area contributed by atoms with Gasteiger partial charge in [0.2, 0.25) is 0 Å². The molecule has 0 aliphatic heterocycles. The molecule has 0 saturated heterocycles. The van der Waals surface area contributed by atoms with E-state index in [-0.39, 0.29) is 22.7 Å². The zero-order valence-corrected chi connectivity index (χ0v) is 9.68. The smallest absolute Gasteiger partial charge is 0.254 e. The molecule has 17 heavy (non-hydrogen) atoms. The van der Waals surface area contributed by atoms with E-state index in [1.807, 2.05) is 13.8 Å². The number of hydrogen-bond donors (Lipinski definition) is 2. The van der Waals surface area contributed by atoms with Gasteiger partial charge in [-0.15, -0.1) is 0 Å². The molecule has 3 N–H and O–H groups in total. The fourth-order valence-electron chi connectivity index (χ4n) is 1.69. The second kappa shape index (κ2) is 3.68. The summed E-state index contributed by atoms with van der Waals surface area (Å²) in [5.41, 5.74) is 4.91. The van der Waals surface area contributed by atoms with Gasteiger partial charge in [0.1, 0.15) is 11.6 Å². The molecule has 2 rings (SSSR count). The van der Waals surface area contributed by atoms with Gasteiger partial charge < -0.3 is 11.1 Å². The van der Waals surface area contributed by atoms with E-state index in [1.54, 1.807) is 0 Å². The van der Waals surface area contributed by atoms with Crippen LogP contribution in [0.3, 0.4) is 0 Å². The second-order valence-corrected chi connectivity index (χ2v) is 5.07. The van der Waals surface area contributed by atoms with Gasteiger partial charge in [-0.3, -0.25) is 4.79 Å². The highest BCUT2D eigenvalue weighted by molar-refractivity contribution is 5.95. The number of nitrogens with one attached hydrogen (secondary N) is 1. The van der Waals surface area contributed by atoms with Crippen LogP contribution < -0.4 is 11.1 Å². The lowest BCUT2D eigenvalue weighted by molar-refractivity contribution is 0.0942. The Kier molecular flexibility index (Phi) is 2.56. The molecule has 1 aliphatic carbocycles. The summed E-state index contributed by atoms with van der Waals surface area (Å²) in [4.78, 5) is 11.7. The minimum atomic E-state index is -0.896. The molecule has 0 radical (unpaired) electrons. The summed E-state index contributed by atoms with van der Waals surface area (Å²) in [6.45, 7) is 4.01. The van der Waals surface area contributed by atoms with E-state index in [1.165, 1.54) is 0 Å². The van der Waals surface area contributed by atoms with Gasteiger partial charge in [0, 0.05) is 12.1 Å². The lowest BCUT2D eigenvalue weighted by Crippen LogP contribution is -2.29. The summed E-state index contributed by atoms with van der Waals surface area (Å²) in [5.74, 6) is -2.30. The largest absolute Gasteiger partial charge is 0.396 e. The number of benzene rings is 1. The third-order valence-electron chi connectivity index (χ3n) is 3.15. The standard InChI is InChI=1S/C12H14F2N2O/c1-12(2)5-10(12)16-11(17)6-3-9(15)8(14)4-7(6)13/h3-4,10H,5,15H2,1-2H3,(H,16,17). The predicted octanol–water partition coefficient (Wildman–Crippen LogP) is 2.08. The summed E-state index contributed by atoms with van der Waals surface area (Å²) in [7, 11) is 0. The SMILES string of the molecule is CC1(C)CC1NC(=O)c1cc(N)c(F)cc1F. The van der Waals surface area contributed by atoms with Gasteiger partial charge in [-0.05, 0) is 17.9 Å². The number of rotatable bonds is 2. The van der Waals surface area contributed by atoms with Crippen molar-refractivity contribution in [1.82, 2.24) is 5.32 Å². The Balaban J connectivity index is 2.17. The van der Waals surface area contributed by atoms with Crippen molar-refractivity contribution in [2.75, 3.05) is 5.73 Å². The van der Waals surface area contributed by atoms with E-state index in [9.17, 15) is 13.6 Å². The van der Waals surface area contributed by atoms with Gasteiger partial charge in [0.05, 0.1) is 11.3 Å². The first-order valence-corrected chi connectivity index (χ1v) is 5.36. The molecule has 0 aromatic heterocycles. The van der Waals surface area contributed by atoms with Crippen LogP contribution >= 0.6 is 0 Å². The number of nitrogen functional groups attached to an aromatic ring is 1. The fraction of sp³-hybridized carbons (Fsp3) is 0.417. The molecule has 1 unspecified atom stereocenters. The molecule has 1 aliphatic rings. The number of carbonyl (C=O) groups is 1. The average Bonchev–Trinajstić information content (AvgIpc) is 2.79. The number of hydrogen-bond acceptors (Lipinski definition) is 2. The van der Waals surface area contributed by atoms with Crippen molar-refractivity contribution < 1.29 is 13.6 Å². The minimum absolute atomic E-state index is 0.0423. The Morgan fingerprint density at radius 1 is 1.41 bits per heavy atom. The van der Waals surface area contributed by atoms with Gasteiger partial charge in [-0.2, -0.15) is 0 Å². The topological polar surface area (TPSA) is 55.1 Å². The van der Waals surface area contributed by atoms with E-state index >= 15 is 0 Å². The molecule has 0 spiro atoms. The van der Waals surface area contributed by atoms with Gasteiger partial charge in [0.25, 0.3) is 5.91 Å². The van der Waals surface area contributed by atoms with Crippen LogP contribution in [0.1, 0.15) is 30.6 Å². The van der Waals surface area contributed by atoms with Crippen molar-refractivity contribution in [3.63, 3.8) is 0 Å². The van der Waals surface area contributed by atoms with Crippen LogP contribution in [0, 0.1) is 17.0 Å². The summed E-state index contributed by atoms with van der Waals surface area (Å²) in [6, 6.07) is 1.69.